The van der Waals surface area contributed by atoms with Crippen LogP contribution in [0, 0.1) is 13.8 Å². The van der Waals surface area contributed by atoms with Gasteiger partial charge >= 0.3 is 0 Å². The zero-order chi connectivity index (χ0) is 15.0. The summed E-state index contributed by atoms with van der Waals surface area (Å²) in [4.78, 5) is 14.7. The number of hydrogen-bond acceptors (Lipinski definition) is 2. The minimum atomic E-state index is 0.0599. The second kappa shape index (κ2) is 5.24. The van der Waals surface area contributed by atoms with Gasteiger partial charge in [-0.25, -0.2) is 0 Å². The van der Waals surface area contributed by atoms with Gasteiger partial charge < -0.3 is 10.6 Å². The first kappa shape index (κ1) is 13.7. The highest BCUT2D eigenvalue weighted by atomic mass is 16.2. The third kappa shape index (κ3) is 2.51. The Bertz CT molecular complexity index is 706. The van der Waals surface area contributed by atoms with Crippen molar-refractivity contribution in [2.75, 3.05) is 17.2 Å². The van der Waals surface area contributed by atoms with Crippen LogP contribution in [0.2, 0.25) is 0 Å². The van der Waals surface area contributed by atoms with Gasteiger partial charge in [0.2, 0.25) is 0 Å². The highest BCUT2D eigenvalue weighted by molar-refractivity contribution is 6.07. The number of fused-ring (bicyclic) bond motifs is 1. The summed E-state index contributed by atoms with van der Waals surface area (Å²) < 4.78 is 0. The maximum atomic E-state index is 12.8. The van der Waals surface area contributed by atoms with Crippen LogP contribution in [0.3, 0.4) is 0 Å². The zero-order valence-corrected chi connectivity index (χ0v) is 12.5. The monoisotopic (exact) mass is 280 g/mol. The number of benzene rings is 2. The number of nitrogens with two attached hydrogens (primary N) is 1. The third-order valence-corrected chi connectivity index (χ3v) is 4.23. The highest BCUT2D eigenvalue weighted by Crippen LogP contribution is 2.30. The lowest BCUT2D eigenvalue weighted by Gasteiger charge is -2.30. The molecule has 1 aliphatic heterocycles. The first-order chi connectivity index (χ1) is 10.1. The molecule has 108 valence electrons. The van der Waals surface area contributed by atoms with Crippen LogP contribution in [0.5, 0.6) is 0 Å². The van der Waals surface area contributed by atoms with Crippen LogP contribution in [0.15, 0.2) is 36.4 Å². The Morgan fingerprint density at radius 1 is 1.10 bits per heavy atom. The molecule has 0 fully saturated rings. The molecule has 0 atom stereocenters. The van der Waals surface area contributed by atoms with Gasteiger partial charge in [-0.1, -0.05) is 12.1 Å². The number of hydrogen-bond donors (Lipinski definition) is 1. The Hall–Kier alpha value is -2.29. The van der Waals surface area contributed by atoms with Gasteiger partial charge in [0.05, 0.1) is 0 Å². The van der Waals surface area contributed by atoms with Crippen molar-refractivity contribution in [1.82, 2.24) is 0 Å². The van der Waals surface area contributed by atoms with E-state index < -0.39 is 0 Å². The van der Waals surface area contributed by atoms with Crippen LogP contribution in [0.4, 0.5) is 11.4 Å². The molecule has 0 aromatic heterocycles. The Balaban J connectivity index is 1.99. The summed E-state index contributed by atoms with van der Waals surface area (Å²) in [5.41, 5.74) is 11.8. The lowest BCUT2D eigenvalue weighted by atomic mass is 9.99. The average molecular weight is 280 g/mol. The van der Waals surface area contributed by atoms with Crippen molar-refractivity contribution in [3.05, 3.63) is 58.7 Å². The van der Waals surface area contributed by atoms with E-state index in [2.05, 4.69) is 6.92 Å². The molecule has 0 bridgehead atoms. The van der Waals surface area contributed by atoms with Crippen LogP contribution in [-0.2, 0) is 6.42 Å². The van der Waals surface area contributed by atoms with Gasteiger partial charge in [0.1, 0.15) is 0 Å². The van der Waals surface area contributed by atoms with E-state index in [1.54, 1.807) is 0 Å². The molecule has 3 heteroatoms. The summed E-state index contributed by atoms with van der Waals surface area (Å²) >= 11 is 0. The van der Waals surface area contributed by atoms with Gasteiger partial charge in [0.25, 0.3) is 5.91 Å². The molecule has 0 saturated heterocycles. The molecule has 2 N–H and O–H groups in total. The predicted molar refractivity (Wildman–Crippen MR) is 86.8 cm³/mol. The fourth-order valence-corrected chi connectivity index (χ4v) is 2.83. The van der Waals surface area contributed by atoms with Gasteiger partial charge in [0.15, 0.2) is 0 Å². The van der Waals surface area contributed by atoms with E-state index in [9.17, 15) is 4.79 Å². The zero-order valence-electron chi connectivity index (χ0n) is 12.5. The molecule has 21 heavy (non-hydrogen) atoms. The molecule has 0 aliphatic carbocycles. The number of carbonyl (C=O) groups excluding carboxylic acids is 1. The molecule has 2 aromatic carbocycles. The molecule has 0 unspecified atom stereocenters. The molecular formula is C18H20N2O. The fourth-order valence-electron chi connectivity index (χ4n) is 2.83. The second-order valence-electron chi connectivity index (χ2n) is 5.75. The molecule has 0 radical (unpaired) electrons. The van der Waals surface area contributed by atoms with Crippen molar-refractivity contribution in [2.45, 2.75) is 26.7 Å². The third-order valence-electron chi connectivity index (χ3n) is 4.23. The summed E-state index contributed by atoms with van der Waals surface area (Å²) in [7, 11) is 0. The van der Waals surface area contributed by atoms with Gasteiger partial charge in [0, 0.05) is 23.5 Å². The maximum absolute atomic E-state index is 12.8. The topological polar surface area (TPSA) is 46.3 Å². The van der Waals surface area contributed by atoms with Crippen molar-refractivity contribution < 1.29 is 4.79 Å². The molecule has 0 saturated carbocycles. The standard InChI is InChI=1S/C18H20N2O/c1-12-5-6-15(10-13(12)2)18(21)20-9-3-4-14-7-8-16(19)11-17(14)20/h5-8,10-11H,3-4,9,19H2,1-2H3. The van der Waals surface area contributed by atoms with Crippen LogP contribution in [-0.4, -0.2) is 12.5 Å². The van der Waals surface area contributed by atoms with Crippen LogP contribution < -0.4 is 10.6 Å². The van der Waals surface area contributed by atoms with Gasteiger partial charge in [-0.2, -0.15) is 0 Å². The number of nitrogen functional groups attached to an aromatic ring is 1. The van der Waals surface area contributed by atoms with E-state index in [-0.39, 0.29) is 5.91 Å². The molecule has 3 rings (SSSR count). The molecule has 2 aromatic rings. The number of carbonyl (C=O) groups is 1. The van der Waals surface area contributed by atoms with Gasteiger partial charge in [-0.05, 0) is 67.6 Å². The van der Waals surface area contributed by atoms with Gasteiger partial charge in [-0.3, -0.25) is 4.79 Å². The highest BCUT2D eigenvalue weighted by Gasteiger charge is 2.23. The summed E-state index contributed by atoms with van der Waals surface area (Å²) in [6, 6.07) is 11.7. The smallest absolute Gasteiger partial charge is 0.258 e. The minimum Gasteiger partial charge on any atom is -0.399 e. The van der Waals surface area contributed by atoms with Crippen molar-refractivity contribution in [3.63, 3.8) is 0 Å². The van der Waals surface area contributed by atoms with Crippen LogP contribution in [0.1, 0.15) is 33.5 Å². The molecule has 3 nitrogen and oxygen atoms in total. The SMILES string of the molecule is Cc1ccc(C(=O)N2CCCc3ccc(N)cc32)cc1C. The Labute approximate surface area is 125 Å². The first-order valence-corrected chi connectivity index (χ1v) is 7.34. The first-order valence-electron chi connectivity index (χ1n) is 7.34. The summed E-state index contributed by atoms with van der Waals surface area (Å²) in [5, 5.41) is 0. The molecule has 1 aliphatic rings. The molecule has 1 amide bonds. The molecular weight excluding hydrogens is 260 g/mol. The number of rotatable bonds is 1. The quantitative estimate of drug-likeness (QED) is 0.813. The number of nitrogens with zero attached hydrogens (tertiary/aromatic N) is 1. The maximum Gasteiger partial charge on any atom is 0.258 e. The lowest BCUT2D eigenvalue weighted by Crippen LogP contribution is -2.35. The normalized spacial score (nSPS) is 13.9. The predicted octanol–water partition coefficient (Wildman–Crippen LogP) is 3.48. The van der Waals surface area contributed by atoms with E-state index >= 15 is 0 Å². The van der Waals surface area contributed by atoms with E-state index in [4.69, 9.17) is 5.73 Å². The summed E-state index contributed by atoms with van der Waals surface area (Å²) in [6.07, 6.45) is 2.00. The minimum absolute atomic E-state index is 0.0599. The van der Waals surface area contributed by atoms with Crippen molar-refractivity contribution in [2.24, 2.45) is 0 Å². The number of anilines is 2. The van der Waals surface area contributed by atoms with Crippen molar-refractivity contribution in [3.8, 4) is 0 Å². The van der Waals surface area contributed by atoms with Crippen molar-refractivity contribution >= 4 is 17.3 Å². The Morgan fingerprint density at radius 3 is 2.67 bits per heavy atom. The Morgan fingerprint density at radius 2 is 1.90 bits per heavy atom. The largest absolute Gasteiger partial charge is 0.399 e. The lowest BCUT2D eigenvalue weighted by molar-refractivity contribution is 0.0985. The average Bonchev–Trinajstić information content (AvgIpc) is 2.48. The summed E-state index contributed by atoms with van der Waals surface area (Å²) in [5.74, 6) is 0.0599. The Kier molecular flexibility index (Phi) is 3.42. The second-order valence-corrected chi connectivity index (χ2v) is 5.75. The van der Waals surface area contributed by atoms with E-state index in [1.165, 1.54) is 11.1 Å². The molecule has 0 spiro atoms. The van der Waals surface area contributed by atoms with E-state index in [1.807, 2.05) is 48.2 Å². The van der Waals surface area contributed by atoms with Crippen molar-refractivity contribution in [1.29, 1.82) is 0 Å². The van der Waals surface area contributed by atoms with Crippen LogP contribution in [0.25, 0.3) is 0 Å². The number of aryl methyl sites for hydroxylation is 3. The van der Waals surface area contributed by atoms with Gasteiger partial charge in [-0.15, -0.1) is 0 Å². The molecule has 1 heterocycles. The number of amides is 1. The summed E-state index contributed by atoms with van der Waals surface area (Å²) in [6.45, 7) is 4.84. The fraction of sp³-hybridized carbons (Fsp3) is 0.278. The van der Waals surface area contributed by atoms with Crippen LogP contribution >= 0.6 is 0 Å². The van der Waals surface area contributed by atoms with E-state index in [0.29, 0.717) is 5.69 Å². The van der Waals surface area contributed by atoms with E-state index in [0.717, 1.165) is 36.2 Å².